The predicted octanol–water partition coefficient (Wildman–Crippen LogP) is 7.09. The number of likely N-dealkylation sites (tertiary alicyclic amines) is 2. The third-order valence-corrected chi connectivity index (χ3v) is 17.3. The van der Waals surface area contributed by atoms with Gasteiger partial charge < -0.3 is 18.8 Å². The van der Waals surface area contributed by atoms with E-state index in [0.29, 0.717) is 43.7 Å². The van der Waals surface area contributed by atoms with E-state index in [1.807, 2.05) is 15.5 Å². The number of carbonyl (C=O) groups is 2. The molecule has 2 fully saturated rings. The SMILES string of the molecule is CC(C)(C)[Si](Oc1ccc2c(c1)[C@H](N1CC[C@]3(CCCN3C(=O)Cc3cncn3Cc3ccc(C#N)c(F)c3)C1=O)CCC2)(c1ccccc1)c1ccccc1. The Balaban J connectivity index is 1.05. The Hall–Kier alpha value is -5.53. The average Bonchev–Trinajstić information content (AvgIpc) is 3.92. The van der Waals surface area contributed by atoms with E-state index in [-0.39, 0.29) is 34.9 Å². The number of rotatable bonds is 9. The summed E-state index contributed by atoms with van der Waals surface area (Å²) in [5.41, 5.74) is 2.89. The number of halogens is 1. The molecule has 0 saturated carbocycles. The minimum atomic E-state index is -2.87. The lowest BCUT2D eigenvalue weighted by molar-refractivity contribution is -0.147. The molecule has 10 heteroatoms. The number of nitriles is 1. The first-order valence-electron chi connectivity index (χ1n) is 19.8. The van der Waals surface area contributed by atoms with Crippen molar-refractivity contribution in [1.29, 1.82) is 5.26 Å². The quantitative estimate of drug-likeness (QED) is 0.150. The number of carbonyl (C=O) groups excluding carboxylic acids is 2. The Labute approximate surface area is 329 Å². The van der Waals surface area contributed by atoms with Crippen molar-refractivity contribution in [1.82, 2.24) is 19.4 Å². The summed E-state index contributed by atoms with van der Waals surface area (Å²) in [7, 11) is -2.87. The maximum Gasteiger partial charge on any atom is 0.319 e. The number of benzene rings is 4. The average molecular weight is 766 g/mol. The minimum absolute atomic E-state index is 0.00905. The van der Waals surface area contributed by atoms with Crippen LogP contribution in [0.1, 0.15) is 86.9 Å². The first kappa shape index (κ1) is 37.4. The maximum absolute atomic E-state index is 14.8. The highest BCUT2D eigenvalue weighted by Gasteiger charge is 2.56. The van der Waals surface area contributed by atoms with Gasteiger partial charge in [-0.15, -0.1) is 0 Å². The van der Waals surface area contributed by atoms with Gasteiger partial charge in [-0.2, -0.15) is 5.26 Å². The van der Waals surface area contributed by atoms with E-state index < -0.39 is 19.7 Å². The van der Waals surface area contributed by atoms with Gasteiger partial charge in [-0.3, -0.25) is 9.59 Å². The van der Waals surface area contributed by atoms with Crippen molar-refractivity contribution >= 4 is 30.5 Å². The molecule has 3 aliphatic rings. The van der Waals surface area contributed by atoms with Gasteiger partial charge in [-0.05, 0) is 94.9 Å². The number of fused-ring (bicyclic) bond motifs is 1. The number of hydrogen-bond donors (Lipinski definition) is 0. The van der Waals surface area contributed by atoms with Gasteiger partial charge in [0.15, 0.2) is 0 Å². The molecule has 4 aromatic carbocycles. The van der Waals surface area contributed by atoms with Crippen molar-refractivity contribution in [2.45, 2.75) is 88.9 Å². The zero-order valence-corrected chi connectivity index (χ0v) is 33.4. The molecule has 0 unspecified atom stereocenters. The standard InChI is InChI=1S/C46H48FN5O3Si/c1-45(2,3)56(38-13-6-4-7-14-38,39-15-8-5-9-16-39)55-37-21-20-34-12-10-17-42(40(34)28-37)51-25-23-46(44(51)54)22-11-24-52(46)43(53)27-36-30-49-32-50(36)31-33-18-19-35(29-48)41(47)26-33/h4-9,13-16,18-21,26,28,30,32,42H,10-12,17,22-25,27,31H2,1-3H3/t42-,46-/m1/s1. The largest absolute Gasteiger partial charge is 0.534 e. The van der Waals surface area contributed by atoms with Crippen LogP contribution < -0.4 is 14.8 Å². The van der Waals surface area contributed by atoms with Crippen LogP contribution in [0.15, 0.2) is 110 Å². The molecule has 8 nitrogen and oxygen atoms in total. The second-order valence-electron chi connectivity index (χ2n) is 16.6. The second-order valence-corrected chi connectivity index (χ2v) is 20.8. The summed E-state index contributed by atoms with van der Waals surface area (Å²) in [6.07, 6.45) is 8.20. The third kappa shape index (κ3) is 6.51. The Bertz CT molecular complexity index is 2260. The summed E-state index contributed by atoms with van der Waals surface area (Å²) in [5, 5.41) is 11.3. The van der Waals surface area contributed by atoms with Crippen LogP contribution in [-0.4, -0.2) is 58.1 Å². The molecule has 0 N–H and O–H groups in total. The molecule has 2 aliphatic heterocycles. The molecule has 8 rings (SSSR count). The van der Waals surface area contributed by atoms with Gasteiger partial charge in [-0.25, -0.2) is 9.37 Å². The van der Waals surface area contributed by atoms with Gasteiger partial charge in [0, 0.05) is 31.5 Å². The molecule has 1 spiro atoms. The molecule has 2 atom stereocenters. The van der Waals surface area contributed by atoms with Crippen LogP contribution in [0, 0.1) is 17.1 Å². The van der Waals surface area contributed by atoms with Gasteiger partial charge in [0.05, 0.1) is 24.4 Å². The van der Waals surface area contributed by atoms with E-state index in [1.165, 1.54) is 28.1 Å². The molecule has 3 heterocycles. The first-order chi connectivity index (χ1) is 27.0. The Morgan fingerprint density at radius 3 is 2.38 bits per heavy atom. The number of imidazole rings is 1. The molecule has 0 bridgehead atoms. The third-order valence-electron chi connectivity index (χ3n) is 12.3. The van der Waals surface area contributed by atoms with Crippen LogP contribution in [0.25, 0.3) is 0 Å². The van der Waals surface area contributed by atoms with E-state index in [2.05, 4.69) is 110 Å². The summed E-state index contributed by atoms with van der Waals surface area (Å²) in [4.78, 5) is 37.1. The van der Waals surface area contributed by atoms with Crippen LogP contribution in [0.2, 0.25) is 5.04 Å². The van der Waals surface area contributed by atoms with Crippen LogP contribution in [0.3, 0.4) is 0 Å². The number of nitrogens with zero attached hydrogens (tertiary/aromatic N) is 5. The van der Waals surface area contributed by atoms with Crippen LogP contribution in [0.4, 0.5) is 4.39 Å². The molecule has 2 saturated heterocycles. The summed E-state index contributed by atoms with van der Waals surface area (Å²) in [6.45, 7) is 8.27. The van der Waals surface area contributed by atoms with Crippen LogP contribution in [-0.2, 0) is 29.0 Å². The summed E-state index contributed by atoms with van der Waals surface area (Å²) < 4.78 is 23.6. The van der Waals surface area contributed by atoms with E-state index in [4.69, 9.17) is 9.69 Å². The summed E-state index contributed by atoms with van der Waals surface area (Å²) in [6, 6.07) is 34.1. The topological polar surface area (TPSA) is 91.5 Å². The van der Waals surface area contributed by atoms with Gasteiger partial charge in [0.25, 0.3) is 0 Å². The highest BCUT2D eigenvalue weighted by molar-refractivity contribution is 7.00. The highest BCUT2D eigenvalue weighted by atomic mass is 28.4. The molecule has 286 valence electrons. The fourth-order valence-electron chi connectivity index (χ4n) is 9.60. The molecule has 5 aromatic rings. The van der Waals surface area contributed by atoms with Gasteiger partial charge in [-0.1, -0.05) is 93.6 Å². The number of aryl methyl sites for hydroxylation is 1. The van der Waals surface area contributed by atoms with Crippen molar-refractivity contribution in [3.8, 4) is 11.8 Å². The van der Waals surface area contributed by atoms with E-state index >= 15 is 0 Å². The van der Waals surface area contributed by atoms with Crippen LogP contribution >= 0.6 is 0 Å². The van der Waals surface area contributed by atoms with Crippen molar-refractivity contribution < 1.29 is 18.4 Å². The lowest BCUT2D eigenvalue weighted by atomic mass is 9.86. The van der Waals surface area contributed by atoms with Crippen LogP contribution in [0.5, 0.6) is 5.75 Å². The van der Waals surface area contributed by atoms with E-state index in [9.17, 15) is 14.0 Å². The minimum Gasteiger partial charge on any atom is -0.534 e. The molecular weight excluding hydrogens is 718 g/mol. The molecule has 0 radical (unpaired) electrons. The predicted molar refractivity (Wildman–Crippen MR) is 217 cm³/mol. The normalized spacial score (nSPS) is 19.6. The van der Waals surface area contributed by atoms with E-state index in [1.54, 1.807) is 18.6 Å². The van der Waals surface area contributed by atoms with Gasteiger partial charge >= 0.3 is 8.32 Å². The Morgan fingerprint density at radius 1 is 0.964 bits per heavy atom. The van der Waals surface area contributed by atoms with E-state index in [0.717, 1.165) is 37.0 Å². The number of aromatic nitrogens is 2. The van der Waals surface area contributed by atoms with Gasteiger partial charge in [0.2, 0.25) is 11.8 Å². The number of hydrogen-bond acceptors (Lipinski definition) is 5. The van der Waals surface area contributed by atoms with Crippen molar-refractivity contribution in [2.75, 3.05) is 13.1 Å². The molecule has 1 aliphatic carbocycles. The zero-order chi connectivity index (χ0) is 39.1. The Kier molecular flexibility index (Phi) is 9.91. The number of amides is 2. The molecule has 56 heavy (non-hydrogen) atoms. The fraction of sp³-hybridized carbons (Fsp3) is 0.348. The maximum atomic E-state index is 14.8. The van der Waals surface area contributed by atoms with Crippen molar-refractivity contribution in [3.63, 3.8) is 0 Å². The smallest absolute Gasteiger partial charge is 0.319 e. The van der Waals surface area contributed by atoms with Crippen molar-refractivity contribution in [2.24, 2.45) is 0 Å². The second kappa shape index (κ2) is 14.8. The first-order valence-corrected chi connectivity index (χ1v) is 21.7. The summed E-state index contributed by atoms with van der Waals surface area (Å²) >= 11 is 0. The fourth-order valence-corrected chi connectivity index (χ4v) is 14.0. The van der Waals surface area contributed by atoms with Crippen molar-refractivity contribution in [3.05, 3.63) is 143 Å². The lowest BCUT2D eigenvalue weighted by Gasteiger charge is -2.43. The lowest BCUT2D eigenvalue weighted by Crippen LogP contribution is -2.68. The zero-order valence-electron chi connectivity index (χ0n) is 32.4. The molecule has 2 amide bonds. The Morgan fingerprint density at radius 2 is 1.70 bits per heavy atom. The molecular formula is C46H48FN5O3Si. The monoisotopic (exact) mass is 765 g/mol. The van der Waals surface area contributed by atoms with Gasteiger partial charge in [0.1, 0.15) is 23.2 Å². The summed E-state index contributed by atoms with van der Waals surface area (Å²) in [5.74, 6) is 0.190. The molecule has 1 aromatic heterocycles. The highest BCUT2D eigenvalue weighted by Crippen LogP contribution is 2.46.